The van der Waals surface area contributed by atoms with Crippen LogP contribution < -0.4 is 10.1 Å². The molecule has 1 unspecified atom stereocenters. The van der Waals surface area contributed by atoms with E-state index in [9.17, 15) is 9.59 Å². The summed E-state index contributed by atoms with van der Waals surface area (Å²) in [6.45, 7) is 2.56. The van der Waals surface area contributed by atoms with Crippen molar-refractivity contribution in [1.82, 2.24) is 5.32 Å². The molecule has 0 heterocycles. The van der Waals surface area contributed by atoms with Crippen molar-refractivity contribution >= 4 is 27.8 Å². The second kappa shape index (κ2) is 9.97. The summed E-state index contributed by atoms with van der Waals surface area (Å²) in [5.41, 5.74) is 1.61. The van der Waals surface area contributed by atoms with Gasteiger partial charge < -0.3 is 14.8 Å². The Hall–Kier alpha value is -2.34. The Bertz CT molecular complexity index is 749. The SMILES string of the molecule is CCC(CNC(=O)COc1ccc(C(=O)OC)cc1Br)c1ccccc1. The first-order chi connectivity index (χ1) is 12.5. The monoisotopic (exact) mass is 419 g/mol. The molecular formula is C20H22BrNO4. The minimum atomic E-state index is -0.429. The molecule has 1 amide bonds. The Balaban J connectivity index is 1.86. The molecule has 0 saturated carbocycles. The number of esters is 1. The van der Waals surface area contributed by atoms with Crippen molar-refractivity contribution in [3.63, 3.8) is 0 Å². The van der Waals surface area contributed by atoms with Crippen LogP contribution in [-0.2, 0) is 9.53 Å². The van der Waals surface area contributed by atoms with Gasteiger partial charge in [-0.3, -0.25) is 4.79 Å². The third-order valence-electron chi connectivity index (χ3n) is 4.02. The third kappa shape index (κ3) is 5.59. The van der Waals surface area contributed by atoms with Crippen LogP contribution in [-0.4, -0.2) is 32.1 Å². The molecule has 6 heteroatoms. The van der Waals surface area contributed by atoms with Crippen molar-refractivity contribution in [1.29, 1.82) is 0 Å². The molecule has 0 saturated heterocycles. The van der Waals surface area contributed by atoms with E-state index >= 15 is 0 Å². The maximum absolute atomic E-state index is 12.1. The van der Waals surface area contributed by atoms with Crippen molar-refractivity contribution in [3.05, 3.63) is 64.1 Å². The van der Waals surface area contributed by atoms with E-state index in [1.54, 1.807) is 18.2 Å². The zero-order chi connectivity index (χ0) is 18.9. The van der Waals surface area contributed by atoms with Gasteiger partial charge in [0.15, 0.2) is 6.61 Å². The lowest BCUT2D eigenvalue weighted by Crippen LogP contribution is -2.32. The van der Waals surface area contributed by atoms with Crippen molar-refractivity contribution in [2.75, 3.05) is 20.3 Å². The van der Waals surface area contributed by atoms with Gasteiger partial charge in [0.05, 0.1) is 17.1 Å². The van der Waals surface area contributed by atoms with Gasteiger partial charge in [-0.1, -0.05) is 37.3 Å². The van der Waals surface area contributed by atoms with Crippen LogP contribution in [0.15, 0.2) is 53.0 Å². The van der Waals surface area contributed by atoms with Crippen molar-refractivity contribution in [2.45, 2.75) is 19.3 Å². The normalized spacial score (nSPS) is 11.5. The standard InChI is InChI=1S/C20H22BrNO4/c1-3-14(15-7-5-4-6-8-15)12-22-19(23)13-26-18-10-9-16(11-17(18)21)20(24)25-2/h4-11,14H,3,12-13H2,1-2H3,(H,22,23). The Kier molecular flexibility index (Phi) is 7.66. The summed E-state index contributed by atoms with van der Waals surface area (Å²) in [4.78, 5) is 23.6. The summed E-state index contributed by atoms with van der Waals surface area (Å²) in [7, 11) is 1.32. The zero-order valence-electron chi connectivity index (χ0n) is 14.8. The number of rotatable bonds is 8. The van der Waals surface area contributed by atoms with Crippen LogP contribution >= 0.6 is 15.9 Å². The molecule has 0 aliphatic heterocycles. The zero-order valence-corrected chi connectivity index (χ0v) is 16.4. The first kappa shape index (κ1) is 20.0. The Morgan fingerprint density at radius 2 is 1.88 bits per heavy atom. The topological polar surface area (TPSA) is 64.6 Å². The fraction of sp³-hybridized carbons (Fsp3) is 0.300. The molecule has 5 nitrogen and oxygen atoms in total. The lowest BCUT2D eigenvalue weighted by Gasteiger charge is -2.16. The number of benzene rings is 2. The summed E-state index contributed by atoms with van der Waals surface area (Å²) < 4.78 is 10.8. The van der Waals surface area contributed by atoms with E-state index in [0.29, 0.717) is 22.3 Å². The molecular weight excluding hydrogens is 398 g/mol. The van der Waals surface area contributed by atoms with E-state index < -0.39 is 5.97 Å². The van der Waals surface area contributed by atoms with Gasteiger partial charge in [-0.2, -0.15) is 0 Å². The van der Waals surface area contributed by atoms with Crippen LogP contribution in [0.5, 0.6) is 5.75 Å². The van der Waals surface area contributed by atoms with Gasteiger partial charge in [0, 0.05) is 12.5 Å². The van der Waals surface area contributed by atoms with E-state index in [2.05, 4.69) is 45.0 Å². The van der Waals surface area contributed by atoms with E-state index in [1.807, 2.05) is 18.2 Å². The second-order valence-electron chi connectivity index (χ2n) is 5.75. The molecule has 0 radical (unpaired) electrons. The number of carbonyl (C=O) groups excluding carboxylic acids is 2. The number of hydrogen-bond donors (Lipinski definition) is 1. The smallest absolute Gasteiger partial charge is 0.337 e. The molecule has 2 rings (SSSR count). The first-order valence-corrected chi connectivity index (χ1v) is 9.16. The molecule has 1 atom stereocenters. The molecule has 1 N–H and O–H groups in total. The van der Waals surface area contributed by atoms with Crippen molar-refractivity contribution < 1.29 is 19.1 Å². The lowest BCUT2D eigenvalue weighted by atomic mass is 9.96. The number of ether oxygens (including phenoxy) is 2. The quantitative estimate of drug-likeness (QED) is 0.658. The van der Waals surface area contributed by atoms with E-state index in [-0.39, 0.29) is 18.4 Å². The third-order valence-corrected chi connectivity index (χ3v) is 4.64. The van der Waals surface area contributed by atoms with E-state index in [1.165, 1.54) is 12.7 Å². The minimum absolute atomic E-state index is 0.0958. The average Bonchev–Trinajstić information content (AvgIpc) is 2.67. The second-order valence-corrected chi connectivity index (χ2v) is 6.60. The highest BCUT2D eigenvalue weighted by molar-refractivity contribution is 9.10. The molecule has 0 bridgehead atoms. The maximum Gasteiger partial charge on any atom is 0.337 e. The molecule has 0 spiro atoms. The predicted octanol–water partition coefficient (Wildman–Crippen LogP) is 3.92. The van der Waals surface area contributed by atoms with E-state index in [0.717, 1.165) is 6.42 Å². The van der Waals surface area contributed by atoms with Crippen LogP contribution in [0.2, 0.25) is 0 Å². The molecule has 26 heavy (non-hydrogen) atoms. The minimum Gasteiger partial charge on any atom is -0.483 e. The fourth-order valence-electron chi connectivity index (χ4n) is 2.52. The molecule has 138 valence electrons. The van der Waals surface area contributed by atoms with Gasteiger partial charge in [-0.15, -0.1) is 0 Å². The number of hydrogen-bond acceptors (Lipinski definition) is 4. The van der Waals surface area contributed by atoms with Crippen LogP contribution in [0.25, 0.3) is 0 Å². The van der Waals surface area contributed by atoms with Gasteiger partial charge in [0.2, 0.25) is 0 Å². The van der Waals surface area contributed by atoms with Gasteiger partial charge in [0.25, 0.3) is 5.91 Å². The number of nitrogens with one attached hydrogen (secondary N) is 1. The molecule has 0 fully saturated rings. The van der Waals surface area contributed by atoms with Crippen LogP contribution in [0, 0.1) is 0 Å². The maximum atomic E-state index is 12.1. The number of carbonyl (C=O) groups is 2. The van der Waals surface area contributed by atoms with Crippen LogP contribution in [0.3, 0.4) is 0 Å². The Morgan fingerprint density at radius 1 is 1.15 bits per heavy atom. The lowest BCUT2D eigenvalue weighted by molar-refractivity contribution is -0.123. The predicted molar refractivity (Wildman–Crippen MR) is 103 cm³/mol. The first-order valence-electron chi connectivity index (χ1n) is 8.37. The van der Waals surface area contributed by atoms with E-state index in [4.69, 9.17) is 4.74 Å². The van der Waals surface area contributed by atoms with Crippen LogP contribution in [0.4, 0.5) is 0 Å². The largest absolute Gasteiger partial charge is 0.483 e. The number of halogens is 1. The highest BCUT2D eigenvalue weighted by Gasteiger charge is 2.13. The van der Waals surface area contributed by atoms with Crippen molar-refractivity contribution in [2.24, 2.45) is 0 Å². The summed E-state index contributed by atoms with van der Waals surface area (Å²) in [5.74, 6) is 0.138. The van der Waals surface area contributed by atoms with Gasteiger partial charge in [-0.25, -0.2) is 4.79 Å². The molecule has 2 aromatic carbocycles. The molecule has 2 aromatic rings. The van der Waals surface area contributed by atoms with Gasteiger partial charge >= 0.3 is 5.97 Å². The fourth-order valence-corrected chi connectivity index (χ4v) is 3.01. The molecule has 0 aromatic heterocycles. The Labute approximate surface area is 161 Å². The van der Waals surface area contributed by atoms with Crippen molar-refractivity contribution in [3.8, 4) is 5.75 Å². The summed E-state index contributed by atoms with van der Waals surface area (Å²) in [6.07, 6.45) is 0.936. The highest BCUT2D eigenvalue weighted by Crippen LogP contribution is 2.26. The average molecular weight is 420 g/mol. The van der Waals surface area contributed by atoms with Crippen LogP contribution in [0.1, 0.15) is 35.2 Å². The summed E-state index contributed by atoms with van der Waals surface area (Å²) >= 11 is 3.33. The summed E-state index contributed by atoms with van der Waals surface area (Å²) in [6, 6.07) is 14.9. The molecule has 0 aliphatic rings. The van der Waals surface area contributed by atoms with Gasteiger partial charge in [-0.05, 0) is 46.1 Å². The highest BCUT2D eigenvalue weighted by atomic mass is 79.9. The number of amides is 1. The summed E-state index contributed by atoms with van der Waals surface area (Å²) in [5, 5.41) is 2.91. The van der Waals surface area contributed by atoms with Gasteiger partial charge in [0.1, 0.15) is 5.75 Å². The Morgan fingerprint density at radius 3 is 2.50 bits per heavy atom. The molecule has 0 aliphatic carbocycles. The number of methoxy groups -OCH3 is 1.